The number of amides is 2. The van der Waals surface area contributed by atoms with Crippen molar-refractivity contribution in [2.24, 2.45) is 0 Å². The van der Waals surface area contributed by atoms with Crippen molar-refractivity contribution in [2.75, 3.05) is 16.8 Å². The number of rotatable bonds is 7. The van der Waals surface area contributed by atoms with Crippen LogP contribution in [0.25, 0.3) is 44.8 Å². The van der Waals surface area contributed by atoms with Crippen molar-refractivity contribution in [3.05, 3.63) is 102 Å². The number of carbonyl (C=O) groups excluding carboxylic acids is 2. The van der Waals surface area contributed by atoms with Crippen LogP contribution >= 0.6 is 0 Å². The smallest absolute Gasteiger partial charge is 0.335 e. The first-order chi connectivity index (χ1) is 20.4. The minimum absolute atomic E-state index is 0.0506. The van der Waals surface area contributed by atoms with Gasteiger partial charge in [-0.1, -0.05) is 25.1 Å². The summed E-state index contributed by atoms with van der Waals surface area (Å²) in [5.41, 5.74) is 4.60. The molecule has 2 aromatic heterocycles. The van der Waals surface area contributed by atoms with Gasteiger partial charge in [0.15, 0.2) is 5.58 Å². The number of oxazole rings is 1. The number of furan rings is 1. The average molecular weight is 558 g/mol. The molecule has 1 aliphatic rings. The molecule has 9 heteroatoms. The number of anilines is 2. The van der Waals surface area contributed by atoms with Crippen molar-refractivity contribution in [1.82, 2.24) is 4.98 Å². The Labute approximate surface area is 239 Å². The summed E-state index contributed by atoms with van der Waals surface area (Å²) in [6.45, 7) is 2.73. The molecule has 0 radical (unpaired) electrons. The molecule has 1 aliphatic heterocycles. The lowest BCUT2D eigenvalue weighted by Gasteiger charge is -2.17. The van der Waals surface area contributed by atoms with E-state index in [0.717, 1.165) is 33.5 Å². The number of nitrogens with zero attached hydrogens (tertiary/aromatic N) is 2. The van der Waals surface area contributed by atoms with Crippen LogP contribution in [-0.2, 0) is 0 Å². The summed E-state index contributed by atoms with van der Waals surface area (Å²) in [6.07, 6.45) is 0.875. The molecular weight excluding hydrogens is 534 g/mol. The molecule has 42 heavy (non-hydrogen) atoms. The van der Waals surface area contributed by atoms with Gasteiger partial charge in [0.2, 0.25) is 5.89 Å². The van der Waals surface area contributed by atoms with Gasteiger partial charge in [-0.25, -0.2) is 14.7 Å². The standard InChI is InChI=1S/C33H23N3O6/c1-2-13-34-25-11-9-21(36-31(37)22-10-7-20(33(39)40)14-23(22)32(36)38)17-24(25)30-35-26-15-19(8-12-28(26)42-30)29-16-18-5-3-4-6-27(18)41-29/h3-12,14-17,34H,2,13H2,1H3,(H,39,40). The highest BCUT2D eigenvalue weighted by Crippen LogP contribution is 2.38. The number of benzene rings is 4. The molecule has 0 spiro atoms. The number of aromatic nitrogens is 1. The maximum atomic E-state index is 13.3. The van der Waals surface area contributed by atoms with E-state index in [1.54, 1.807) is 18.2 Å². The first kappa shape index (κ1) is 25.3. The lowest BCUT2D eigenvalue weighted by molar-refractivity contribution is 0.0696. The summed E-state index contributed by atoms with van der Waals surface area (Å²) in [5.74, 6) is -1.26. The largest absolute Gasteiger partial charge is 0.478 e. The summed E-state index contributed by atoms with van der Waals surface area (Å²) in [6, 6.07) is 24.5. The number of hydrogen-bond acceptors (Lipinski definition) is 7. The van der Waals surface area contributed by atoms with Gasteiger partial charge < -0.3 is 19.3 Å². The molecule has 4 aromatic carbocycles. The molecule has 7 rings (SSSR count). The third kappa shape index (κ3) is 4.10. The van der Waals surface area contributed by atoms with Crippen LogP contribution in [0.1, 0.15) is 44.4 Å². The van der Waals surface area contributed by atoms with Crippen LogP contribution in [0.3, 0.4) is 0 Å². The predicted molar refractivity (Wildman–Crippen MR) is 158 cm³/mol. The van der Waals surface area contributed by atoms with Crippen molar-refractivity contribution in [2.45, 2.75) is 13.3 Å². The fourth-order valence-electron chi connectivity index (χ4n) is 5.19. The van der Waals surface area contributed by atoms with Crippen LogP contribution in [0.15, 0.2) is 93.8 Å². The van der Waals surface area contributed by atoms with Crippen LogP contribution in [-0.4, -0.2) is 34.4 Å². The number of aromatic carboxylic acids is 1. The zero-order valence-corrected chi connectivity index (χ0v) is 22.4. The maximum Gasteiger partial charge on any atom is 0.335 e. The number of carboxylic acid groups (broad SMARTS) is 1. The van der Waals surface area contributed by atoms with Gasteiger partial charge in [-0.3, -0.25) is 9.59 Å². The number of carbonyl (C=O) groups is 3. The molecule has 2 amide bonds. The zero-order valence-electron chi connectivity index (χ0n) is 22.4. The number of nitrogens with one attached hydrogen (secondary N) is 1. The number of para-hydroxylation sites is 1. The van der Waals surface area contributed by atoms with Crippen molar-refractivity contribution in [1.29, 1.82) is 0 Å². The SMILES string of the molecule is CCCNc1ccc(N2C(=O)c3ccc(C(=O)O)cc3C2=O)cc1-c1nc2cc(-c3cc4ccccc4o3)ccc2o1. The van der Waals surface area contributed by atoms with Crippen molar-refractivity contribution >= 4 is 51.2 Å². The van der Waals surface area contributed by atoms with E-state index < -0.39 is 17.8 Å². The maximum absolute atomic E-state index is 13.3. The summed E-state index contributed by atoms with van der Waals surface area (Å²) < 4.78 is 12.2. The fraction of sp³-hybridized carbons (Fsp3) is 0.0909. The Hall–Kier alpha value is -5.70. The molecular formula is C33H23N3O6. The Morgan fingerprint density at radius 2 is 1.69 bits per heavy atom. The molecule has 0 atom stereocenters. The monoisotopic (exact) mass is 557 g/mol. The Balaban J connectivity index is 1.29. The van der Waals surface area contributed by atoms with Crippen molar-refractivity contribution < 1.29 is 28.3 Å². The van der Waals surface area contributed by atoms with Gasteiger partial charge in [0.25, 0.3) is 11.8 Å². The lowest BCUT2D eigenvalue weighted by atomic mass is 10.1. The van der Waals surface area contributed by atoms with Gasteiger partial charge in [-0.15, -0.1) is 0 Å². The van der Waals surface area contributed by atoms with Crippen LogP contribution in [0.2, 0.25) is 0 Å². The van der Waals surface area contributed by atoms with Gasteiger partial charge in [-0.05, 0) is 73.2 Å². The van der Waals surface area contributed by atoms with E-state index in [-0.39, 0.29) is 16.7 Å². The molecule has 9 nitrogen and oxygen atoms in total. The van der Waals surface area contributed by atoms with Gasteiger partial charge >= 0.3 is 5.97 Å². The van der Waals surface area contributed by atoms with E-state index in [1.165, 1.54) is 18.2 Å². The van der Waals surface area contributed by atoms with E-state index in [1.807, 2.05) is 55.5 Å². The second-order valence-corrected chi connectivity index (χ2v) is 10.0. The average Bonchev–Trinajstić information content (AvgIpc) is 3.69. The highest BCUT2D eigenvalue weighted by atomic mass is 16.4. The Morgan fingerprint density at radius 1 is 0.857 bits per heavy atom. The first-order valence-corrected chi connectivity index (χ1v) is 13.4. The predicted octanol–water partition coefficient (Wildman–Crippen LogP) is 7.23. The molecule has 206 valence electrons. The van der Waals surface area contributed by atoms with Gasteiger partial charge in [0, 0.05) is 23.2 Å². The topological polar surface area (TPSA) is 126 Å². The van der Waals surface area contributed by atoms with E-state index in [0.29, 0.717) is 40.5 Å². The van der Waals surface area contributed by atoms with Crippen LogP contribution in [0, 0.1) is 0 Å². The summed E-state index contributed by atoms with van der Waals surface area (Å²) >= 11 is 0. The van der Waals surface area contributed by atoms with Gasteiger partial charge in [-0.2, -0.15) is 0 Å². The summed E-state index contributed by atoms with van der Waals surface area (Å²) in [7, 11) is 0. The summed E-state index contributed by atoms with van der Waals surface area (Å²) in [5, 5.41) is 13.7. The van der Waals surface area contributed by atoms with Crippen molar-refractivity contribution in [3.63, 3.8) is 0 Å². The van der Waals surface area contributed by atoms with Crippen LogP contribution in [0.5, 0.6) is 0 Å². The van der Waals surface area contributed by atoms with E-state index >= 15 is 0 Å². The van der Waals surface area contributed by atoms with Gasteiger partial charge in [0.1, 0.15) is 16.9 Å². The molecule has 0 aliphatic carbocycles. The summed E-state index contributed by atoms with van der Waals surface area (Å²) in [4.78, 5) is 43.8. The third-order valence-electron chi connectivity index (χ3n) is 7.29. The van der Waals surface area contributed by atoms with E-state index in [9.17, 15) is 19.5 Å². The molecule has 0 saturated carbocycles. The molecule has 3 heterocycles. The minimum Gasteiger partial charge on any atom is -0.478 e. The van der Waals surface area contributed by atoms with Crippen LogP contribution in [0.4, 0.5) is 11.4 Å². The Bertz CT molecular complexity index is 2040. The van der Waals surface area contributed by atoms with Crippen LogP contribution < -0.4 is 10.2 Å². The molecule has 0 bridgehead atoms. The van der Waals surface area contributed by atoms with E-state index in [2.05, 4.69) is 5.32 Å². The molecule has 0 saturated heterocycles. The normalized spacial score (nSPS) is 12.8. The second kappa shape index (κ2) is 9.74. The highest BCUT2D eigenvalue weighted by molar-refractivity contribution is 6.34. The molecule has 6 aromatic rings. The molecule has 0 fully saturated rings. The fourth-order valence-corrected chi connectivity index (χ4v) is 5.19. The minimum atomic E-state index is -1.18. The van der Waals surface area contributed by atoms with Gasteiger partial charge in [0.05, 0.1) is 27.9 Å². The number of carboxylic acids is 1. The van der Waals surface area contributed by atoms with E-state index in [4.69, 9.17) is 13.8 Å². The number of hydrogen-bond donors (Lipinski definition) is 2. The lowest BCUT2D eigenvalue weighted by Crippen LogP contribution is -2.29. The highest BCUT2D eigenvalue weighted by Gasteiger charge is 2.37. The Morgan fingerprint density at radius 3 is 2.50 bits per heavy atom. The zero-order chi connectivity index (χ0) is 29.0. The Kier molecular flexibility index (Phi) is 5.86. The first-order valence-electron chi connectivity index (χ1n) is 13.4. The molecule has 2 N–H and O–H groups in total. The number of imide groups is 1. The molecule has 0 unspecified atom stereocenters. The number of fused-ring (bicyclic) bond motifs is 3. The quantitative estimate of drug-likeness (QED) is 0.197. The van der Waals surface area contributed by atoms with Crippen molar-refractivity contribution in [3.8, 4) is 22.8 Å². The second-order valence-electron chi connectivity index (χ2n) is 10.0. The third-order valence-corrected chi connectivity index (χ3v) is 7.29.